The van der Waals surface area contributed by atoms with Crippen molar-refractivity contribution in [1.82, 2.24) is 5.16 Å². The standard InChI is InChI=1S/C14H6BrCl2FN2O2/c15-6-1-2-12-8(3-6)13(20-22-12)19-14(21)7-4-11(18)10(17)5-9(7)16/h1-5H,(H,19,20,21). The number of aromatic nitrogens is 1. The molecule has 2 aromatic carbocycles. The molecule has 8 heteroatoms. The molecule has 0 saturated heterocycles. The summed E-state index contributed by atoms with van der Waals surface area (Å²) in [6.07, 6.45) is 0. The van der Waals surface area contributed by atoms with Crippen LogP contribution in [0.2, 0.25) is 10.0 Å². The second-order valence-corrected chi connectivity index (χ2v) is 6.10. The van der Waals surface area contributed by atoms with Crippen LogP contribution in [0.25, 0.3) is 11.0 Å². The Morgan fingerprint density at radius 3 is 2.77 bits per heavy atom. The van der Waals surface area contributed by atoms with Crippen LogP contribution in [-0.4, -0.2) is 11.1 Å². The molecule has 1 N–H and O–H groups in total. The van der Waals surface area contributed by atoms with E-state index in [0.717, 1.165) is 10.5 Å². The molecule has 0 aliphatic heterocycles. The molecule has 3 rings (SSSR count). The van der Waals surface area contributed by atoms with Crippen LogP contribution in [0, 0.1) is 5.82 Å². The van der Waals surface area contributed by atoms with E-state index < -0.39 is 11.7 Å². The second kappa shape index (κ2) is 5.87. The number of carbonyl (C=O) groups excluding carboxylic acids is 1. The van der Waals surface area contributed by atoms with Gasteiger partial charge in [0.1, 0.15) is 5.82 Å². The summed E-state index contributed by atoms with van der Waals surface area (Å²) >= 11 is 14.8. The highest BCUT2D eigenvalue weighted by Crippen LogP contribution is 2.28. The van der Waals surface area contributed by atoms with Gasteiger partial charge in [-0.15, -0.1) is 0 Å². The van der Waals surface area contributed by atoms with Crippen LogP contribution < -0.4 is 5.32 Å². The molecule has 0 bridgehead atoms. The minimum Gasteiger partial charge on any atom is -0.354 e. The molecular weight excluding hydrogens is 398 g/mol. The normalized spacial score (nSPS) is 10.9. The van der Waals surface area contributed by atoms with Crippen molar-refractivity contribution >= 4 is 61.8 Å². The van der Waals surface area contributed by atoms with Gasteiger partial charge in [-0.2, -0.15) is 0 Å². The molecule has 4 nitrogen and oxygen atoms in total. The lowest BCUT2D eigenvalue weighted by Gasteiger charge is -2.05. The third-order valence-corrected chi connectivity index (χ3v) is 4.01. The minimum absolute atomic E-state index is 0.0397. The Hall–Kier alpha value is -1.63. The average Bonchev–Trinajstić information content (AvgIpc) is 2.85. The lowest BCUT2D eigenvalue weighted by molar-refractivity contribution is 0.102. The monoisotopic (exact) mass is 402 g/mol. The van der Waals surface area contributed by atoms with E-state index in [4.69, 9.17) is 27.7 Å². The van der Waals surface area contributed by atoms with Gasteiger partial charge in [-0.05, 0) is 30.3 Å². The van der Waals surface area contributed by atoms with Gasteiger partial charge in [-0.1, -0.05) is 44.3 Å². The van der Waals surface area contributed by atoms with E-state index in [9.17, 15) is 9.18 Å². The molecule has 1 amide bonds. The molecule has 22 heavy (non-hydrogen) atoms. The molecule has 0 radical (unpaired) electrons. The molecule has 0 unspecified atom stereocenters. The summed E-state index contributed by atoms with van der Waals surface area (Å²) in [6.45, 7) is 0. The van der Waals surface area contributed by atoms with E-state index in [1.165, 1.54) is 6.07 Å². The van der Waals surface area contributed by atoms with E-state index in [0.29, 0.717) is 11.0 Å². The van der Waals surface area contributed by atoms with Crippen molar-refractivity contribution in [3.8, 4) is 0 Å². The highest BCUT2D eigenvalue weighted by atomic mass is 79.9. The summed E-state index contributed by atoms with van der Waals surface area (Å²) in [5.74, 6) is -1.13. The van der Waals surface area contributed by atoms with E-state index in [1.807, 2.05) is 0 Å². The Bertz CT molecular complexity index is 898. The SMILES string of the molecule is O=C(Nc1noc2ccc(Br)cc12)c1cc(F)c(Cl)cc1Cl. The number of rotatable bonds is 2. The maximum atomic E-state index is 13.5. The number of nitrogens with zero attached hydrogens (tertiary/aromatic N) is 1. The number of hydrogen-bond donors (Lipinski definition) is 1. The number of anilines is 1. The second-order valence-electron chi connectivity index (χ2n) is 4.37. The number of carbonyl (C=O) groups is 1. The third kappa shape index (κ3) is 2.82. The Morgan fingerprint density at radius 2 is 2.00 bits per heavy atom. The molecule has 0 spiro atoms. The molecule has 112 valence electrons. The molecule has 0 fully saturated rings. The Morgan fingerprint density at radius 1 is 1.23 bits per heavy atom. The van der Waals surface area contributed by atoms with Crippen molar-refractivity contribution in [2.24, 2.45) is 0 Å². The molecule has 1 aromatic heterocycles. The maximum absolute atomic E-state index is 13.5. The van der Waals surface area contributed by atoms with Gasteiger partial charge in [0.25, 0.3) is 5.91 Å². The minimum atomic E-state index is -0.732. The van der Waals surface area contributed by atoms with Gasteiger partial charge in [0.2, 0.25) is 0 Å². The van der Waals surface area contributed by atoms with Crippen LogP contribution in [0.1, 0.15) is 10.4 Å². The van der Waals surface area contributed by atoms with E-state index >= 15 is 0 Å². The summed E-state index contributed by atoms with van der Waals surface area (Å²) in [6, 6.07) is 7.37. The first-order chi connectivity index (χ1) is 10.5. The lowest BCUT2D eigenvalue weighted by atomic mass is 10.2. The Labute approximate surface area is 142 Å². The molecule has 0 atom stereocenters. The van der Waals surface area contributed by atoms with E-state index in [-0.39, 0.29) is 21.4 Å². The largest absolute Gasteiger partial charge is 0.354 e. The first-order valence-corrected chi connectivity index (χ1v) is 7.51. The van der Waals surface area contributed by atoms with Crippen LogP contribution in [0.3, 0.4) is 0 Å². The number of halogens is 4. The van der Waals surface area contributed by atoms with Crippen molar-refractivity contribution in [1.29, 1.82) is 0 Å². The molecule has 1 heterocycles. The van der Waals surface area contributed by atoms with Gasteiger partial charge in [0.15, 0.2) is 11.4 Å². The number of amides is 1. The van der Waals surface area contributed by atoms with Crippen molar-refractivity contribution < 1.29 is 13.7 Å². The van der Waals surface area contributed by atoms with Crippen molar-refractivity contribution in [2.75, 3.05) is 5.32 Å². The van der Waals surface area contributed by atoms with E-state index in [2.05, 4.69) is 26.4 Å². The third-order valence-electron chi connectivity index (χ3n) is 2.92. The zero-order valence-corrected chi connectivity index (χ0v) is 13.8. The maximum Gasteiger partial charge on any atom is 0.258 e. The molecule has 0 aliphatic rings. The Balaban J connectivity index is 1.97. The summed E-state index contributed by atoms with van der Waals surface area (Å²) in [7, 11) is 0. The fourth-order valence-corrected chi connectivity index (χ4v) is 2.70. The quantitative estimate of drug-likeness (QED) is 0.591. The number of nitrogens with one attached hydrogen (secondary N) is 1. The van der Waals surface area contributed by atoms with Crippen molar-refractivity contribution in [3.05, 3.63) is 56.2 Å². The van der Waals surface area contributed by atoms with Crippen LogP contribution >= 0.6 is 39.1 Å². The van der Waals surface area contributed by atoms with Gasteiger partial charge >= 0.3 is 0 Å². The van der Waals surface area contributed by atoms with Gasteiger partial charge in [-0.3, -0.25) is 4.79 Å². The zero-order valence-electron chi connectivity index (χ0n) is 10.7. The van der Waals surface area contributed by atoms with Crippen LogP contribution in [0.15, 0.2) is 39.3 Å². The van der Waals surface area contributed by atoms with E-state index in [1.54, 1.807) is 18.2 Å². The number of fused-ring (bicyclic) bond motifs is 1. The van der Waals surface area contributed by atoms with Crippen LogP contribution in [0.5, 0.6) is 0 Å². The molecular formula is C14H6BrCl2FN2O2. The molecule has 3 aromatic rings. The predicted octanol–water partition coefficient (Wildman–Crippen LogP) is 5.29. The average molecular weight is 404 g/mol. The summed E-state index contributed by atoms with van der Waals surface area (Å²) in [5.41, 5.74) is 0.460. The fourth-order valence-electron chi connectivity index (χ4n) is 1.87. The van der Waals surface area contributed by atoms with Crippen molar-refractivity contribution in [3.63, 3.8) is 0 Å². The summed E-state index contributed by atoms with van der Waals surface area (Å²) in [4.78, 5) is 12.2. The fraction of sp³-hybridized carbons (Fsp3) is 0. The topological polar surface area (TPSA) is 55.1 Å². The van der Waals surface area contributed by atoms with Gasteiger partial charge in [0, 0.05) is 4.47 Å². The molecule has 0 saturated carbocycles. The van der Waals surface area contributed by atoms with Crippen molar-refractivity contribution in [2.45, 2.75) is 0 Å². The van der Waals surface area contributed by atoms with Gasteiger partial charge < -0.3 is 9.84 Å². The first kappa shape index (κ1) is 15.3. The smallest absolute Gasteiger partial charge is 0.258 e. The number of benzene rings is 2. The molecule has 0 aliphatic carbocycles. The first-order valence-electron chi connectivity index (χ1n) is 5.96. The summed E-state index contributed by atoms with van der Waals surface area (Å²) in [5, 5.41) is 6.81. The lowest BCUT2D eigenvalue weighted by Crippen LogP contribution is -2.13. The van der Waals surface area contributed by atoms with Gasteiger partial charge in [-0.25, -0.2) is 4.39 Å². The predicted molar refractivity (Wildman–Crippen MR) is 86.1 cm³/mol. The summed E-state index contributed by atoms with van der Waals surface area (Å²) < 4.78 is 19.4. The van der Waals surface area contributed by atoms with Crippen LogP contribution in [0.4, 0.5) is 10.2 Å². The zero-order chi connectivity index (χ0) is 15.9. The highest BCUT2D eigenvalue weighted by molar-refractivity contribution is 9.10. The highest BCUT2D eigenvalue weighted by Gasteiger charge is 2.17. The van der Waals surface area contributed by atoms with Gasteiger partial charge in [0.05, 0.1) is 21.0 Å². The van der Waals surface area contributed by atoms with Crippen LogP contribution in [-0.2, 0) is 0 Å². The number of hydrogen-bond acceptors (Lipinski definition) is 3. The Kier molecular flexibility index (Phi) is 4.08.